The molecule has 0 saturated carbocycles. The summed E-state index contributed by atoms with van der Waals surface area (Å²) in [6, 6.07) is 0. The molecule has 1 fully saturated rings. The molecule has 0 aromatic rings. The van der Waals surface area contributed by atoms with Crippen LogP contribution in [0.4, 0.5) is 0 Å². The van der Waals surface area contributed by atoms with Crippen LogP contribution in [0.25, 0.3) is 0 Å². The van der Waals surface area contributed by atoms with Gasteiger partial charge in [-0.3, -0.25) is 9.09 Å². The molecule has 6 atom stereocenters. The van der Waals surface area contributed by atoms with Crippen LogP contribution in [0.3, 0.4) is 0 Å². The van der Waals surface area contributed by atoms with Crippen molar-refractivity contribution in [2.24, 2.45) is 0 Å². The van der Waals surface area contributed by atoms with Gasteiger partial charge in [0.05, 0.1) is 6.61 Å². The molecule has 0 aromatic heterocycles. The summed E-state index contributed by atoms with van der Waals surface area (Å²) >= 11 is 0. The summed E-state index contributed by atoms with van der Waals surface area (Å²) in [5.41, 5.74) is 0. The van der Waals surface area contributed by atoms with E-state index >= 15 is 0 Å². The van der Waals surface area contributed by atoms with Gasteiger partial charge in [0, 0.05) is 0 Å². The van der Waals surface area contributed by atoms with Gasteiger partial charge in [0.1, 0.15) is 24.4 Å². The Morgan fingerprint density at radius 2 is 1.72 bits per heavy atom. The molecule has 1 unspecified atom stereocenters. The smallest absolute Gasteiger partial charge is 0.756 e. The molecule has 104 valence electrons. The average molecular weight is 300 g/mol. The minimum atomic E-state index is -5.16. The monoisotopic (exact) mass is 300 g/mol. The summed E-state index contributed by atoms with van der Waals surface area (Å²) in [7, 11) is -5.16. The van der Waals surface area contributed by atoms with Crippen LogP contribution in [0.1, 0.15) is 0 Å². The van der Waals surface area contributed by atoms with E-state index in [4.69, 9.17) is 10.00 Å². The summed E-state index contributed by atoms with van der Waals surface area (Å²) in [6.07, 6.45) is -8.43. The largest absolute Gasteiger partial charge is 1.00 e. The third-order valence-corrected chi connectivity index (χ3v) is 2.56. The molecular weight excluding hydrogens is 286 g/mol. The number of phosphoric acid groups is 1. The molecule has 7 N–H and O–H groups in total. The van der Waals surface area contributed by atoms with Gasteiger partial charge in [-0.1, -0.05) is 0 Å². The summed E-state index contributed by atoms with van der Waals surface area (Å²) < 4.78 is 19.0. The van der Waals surface area contributed by atoms with E-state index in [1.54, 1.807) is 0 Å². The first-order valence-corrected chi connectivity index (χ1v) is 5.78. The number of hydrogen-bond donors (Lipinski definition) is 5. The van der Waals surface area contributed by atoms with Crippen LogP contribution in [0.15, 0.2) is 0 Å². The number of ether oxygens (including phenoxy) is 1. The fourth-order valence-electron chi connectivity index (χ4n) is 1.29. The summed E-state index contributed by atoms with van der Waals surface area (Å²) in [5.74, 6) is 0. The predicted molar refractivity (Wildman–Crippen MR) is 48.3 cm³/mol. The standard InChI is InChI=1S/C6H13O9P.Na.H2O/c7-1-2-3(8)4(9)5(10)6(14-2)15-16(11,12)13;;/h2-10H,1H2,(H2,11,12,13);;1H2/q;+1;/p-1/t2-,3-,4+,5+,6-;;/m1../s1. The van der Waals surface area contributed by atoms with Crippen LogP contribution < -0.4 is 34.5 Å². The number of hydrogen-bond acceptors (Lipinski definition) is 8. The van der Waals surface area contributed by atoms with Crippen LogP contribution in [-0.4, -0.2) is 68.1 Å². The second-order valence-electron chi connectivity index (χ2n) is 3.27. The molecule has 0 radical (unpaired) electrons. The fourth-order valence-corrected chi connectivity index (χ4v) is 1.72. The molecule has 1 saturated heterocycles. The van der Waals surface area contributed by atoms with Gasteiger partial charge in [-0.25, -0.2) is 0 Å². The van der Waals surface area contributed by atoms with Crippen molar-refractivity contribution in [3.05, 3.63) is 0 Å². The quantitative estimate of drug-likeness (QED) is 0.249. The van der Waals surface area contributed by atoms with Gasteiger partial charge >= 0.3 is 29.6 Å². The van der Waals surface area contributed by atoms with E-state index in [0.717, 1.165) is 0 Å². The van der Waals surface area contributed by atoms with Crippen LogP contribution >= 0.6 is 7.82 Å². The van der Waals surface area contributed by atoms with E-state index in [1.165, 1.54) is 0 Å². The number of rotatable bonds is 3. The van der Waals surface area contributed by atoms with E-state index < -0.39 is 45.1 Å². The minimum Gasteiger partial charge on any atom is -0.756 e. The van der Waals surface area contributed by atoms with E-state index in [1.807, 2.05) is 0 Å². The van der Waals surface area contributed by atoms with E-state index in [2.05, 4.69) is 9.26 Å². The third kappa shape index (κ3) is 5.47. The second-order valence-corrected chi connectivity index (χ2v) is 4.42. The van der Waals surface area contributed by atoms with Crippen molar-refractivity contribution < 1.29 is 79.1 Å². The molecular formula is C6H14NaO10P. The van der Waals surface area contributed by atoms with Crippen molar-refractivity contribution in [3.8, 4) is 0 Å². The molecule has 18 heavy (non-hydrogen) atoms. The number of phosphoric ester groups is 1. The van der Waals surface area contributed by atoms with Crippen LogP contribution in [0, 0.1) is 0 Å². The molecule has 12 heteroatoms. The Kier molecular flexibility index (Phi) is 9.67. The maximum atomic E-state index is 10.4. The third-order valence-electron chi connectivity index (χ3n) is 2.09. The topological polar surface area (TPSA) is 191 Å². The summed E-state index contributed by atoms with van der Waals surface area (Å²) in [4.78, 5) is 18.8. The number of aliphatic hydroxyl groups is 4. The van der Waals surface area contributed by atoms with Crippen LogP contribution in [0.5, 0.6) is 0 Å². The Hall–Kier alpha value is 0.870. The Morgan fingerprint density at radius 1 is 1.22 bits per heavy atom. The minimum absolute atomic E-state index is 0. The summed E-state index contributed by atoms with van der Waals surface area (Å²) in [6.45, 7) is -0.723. The van der Waals surface area contributed by atoms with Crippen LogP contribution in [0.2, 0.25) is 0 Å². The molecule has 1 heterocycles. The first-order valence-electron chi connectivity index (χ1n) is 4.29. The molecule has 0 aromatic carbocycles. The van der Waals surface area contributed by atoms with Crippen molar-refractivity contribution >= 4 is 7.82 Å². The molecule has 1 aliphatic rings. The van der Waals surface area contributed by atoms with Gasteiger partial charge in [-0.2, -0.15) is 0 Å². The van der Waals surface area contributed by atoms with E-state index in [-0.39, 0.29) is 35.0 Å². The average Bonchev–Trinajstić information content (AvgIpc) is 2.17. The van der Waals surface area contributed by atoms with Gasteiger partial charge in [-0.15, -0.1) is 0 Å². The van der Waals surface area contributed by atoms with E-state index in [9.17, 15) is 24.8 Å². The van der Waals surface area contributed by atoms with Crippen molar-refractivity contribution in [2.75, 3.05) is 6.61 Å². The van der Waals surface area contributed by atoms with Gasteiger partial charge in [0.15, 0.2) is 6.29 Å². The Labute approximate surface area is 124 Å². The normalized spacial score (nSPS) is 39.1. The number of aliphatic hydroxyl groups excluding tert-OH is 4. The second kappa shape index (κ2) is 8.22. The molecule has 0 amide bonds. The zero-order chi connectivity index (χ0) is 12.5. The molecule has 0 bridgehead atoms. The SMILES string of the molecule is O.O=P([O-])(O)O[C@H]1O[C@H](CO)[C@@H](O)[C@H](O)[C@@H]1O.[Na+]. The molecule has 10 nitrogen and oxygen atoms in total. The molecule has 1 aliphatic heterocycles. The zero-order valence-corrected chi connectivity index (χ0v) is 12.3. The summed E-state index contributed by atoms with van der Waals surface area (Å²) in [5, 5.41) is 36.5. The molecule has 0 aliphatic carbocycles. The first-order chi connectivity index (χ1) is 7.26. The van der Waals surface area contributed by atoms with Gasteiger partial charge in [0.25, 0.3) is 7.82 Å². The maximum Gasteiger partial charge on any atom is 1.00 e. The zero-order valence-electron chi connectivity index (χ0n) is 9.41. The molecule has 1 rings (SSSR count). The fraction of sp³-hybridized carbons (Fsp3) is 1.00. The van der Waals surface area contributed by atoms with Crippen molar-refractivity contribution in [3.63, 3.8) is 0 Å². The maximum absolute atomic E-state index is 10.4. The van der Waals surface area contributed by atoms with Gasteiger partial charge in [-0.05, 0) is 0 Å². The Morgan fingerprint density at radius 3 is 2.11 bits per heavy atom. The Balaban J connectivity index is 0. The van der Waals surface area contributed by atoms with Gasteiger partial charge < -0.3 is 40.4 Å². The van der Waals surface area contributed by atoms with Crippen molar-refractivity contribution in [1.82, 2.24) is 0 Å². The first kappa shape index (κ1) is 21.2. The van der Waals surface area contributed by atoms with Crippen molar-refractivity contribution in [2.45, 2.75) is 30.7 Å². The van der Waals surface area contributed by atoms with Crippen molar-refractivity contribution in [1.29, 1.82) is 0 Å². The van der Waals surface area contributed by atoms with Crippen LogP contribution in [-0.2, 0) is 13.8 Å². The van der Waals surface area contributed by atoms with E-state index in [0.29, 0.717) is 0 Å². The Bertz CT molecular complexity index is 282. The van der Waals surface area contributed by atoms with Gasteiger partial charge in [0.2, 0.25) is 0 Å². The predicted octanol–water partition coefficient (Wildman–Crippen LogP) is -7.56. The molecule has 0 spiro atoms.